The Morgan fingerprint density at radius 2 is 2.22 bits per heavy atom. The highest BCUT2D eigenvalue weighted by Crippen LogP contribution is 2.21. The number of aryl methyl sites for hydroxylation is 2. The van der Waals surface area contributed by atoms with Gasteiger partial charge in [-0.1, -0.05) is 6.92 Å². The van der Waals surface area contributed by atoms with E-state index in [1.807, 2.05) is 5.38 Å². The number of furan rings is 1. The molecule has 0 spiro atoms. The zero-order valence-electron chi connectivity index (χ0n) is 16.0. The highest BCUT2D eigenvalue weighted by atomic mass is 32.1. The first-order valence-corrected chi connectivity index (χ1v) is 10.1. The van der Waals surface area contributed by atoms with Crippen LogP contribution in [0, 0.1) is 19.8 Å². The largest absolute Gasteiger partial charge is 0.466 e. The zero-order chi connectivity index (χ0) is 19.4. The Bertz CT molecular complexity index is 814. The Morgan fingerprint density at radius 3 is 2.93 bits per heavy atom. The quantitative estimate of drug-likeness (QED) is 0.792. The van der Waals surface area contributed by atoms with Gasteiger partial charge in [-0.05, 0) is 45.2 Å². The minimum atomic E-state index is -0.321. The molecule has 0 saturated carbocycles. The molecule has 146 valence electrons. The number of likely N-dealkylation sites (tertiary alicyclic amines) is 1. The van der Waals surface area contributed by atoms with Gasteiger partial charge >= 0.3 is 0 Å². The minimum absolute atomic E-state index is 0.110. The third-order valence-corrected chi connectivity index (χ3v) is 5.43. The van der Waals surface area contributed by atoms with E-state index < -0.39 is 0 Å². The number of anilines is 1. The van der Waals surface area contributed by atoms with Gasteiger partial charge in [-0.25, -0.2) is 4.98 Å². The molecule has 0 bridgehead atoms. The molecular weight excluding hydrogens is 364 g/mol. The van der Waals surface area contributed by atoms with E-state index in [0.29, 0.717) is 22.2 Å². The van der Waals surface area contributed by atoms with Crippen molar-refractivity contribution in [2.45, 2.75) is 40.2 Å². The van der Waals surface area contributed by atoms with E-state index in [4.69, 9.17) is 4.42 Å². The maximum absolute atomic E-state index is 12.1. The summed E-state index contributed by atoms with van der Waals surface area (Å²) in [5, 5.41) is 7.89. The molecule has 7 nitrogen and oxygen atoms in total. The van der Waals surface area contributed by atoms with Crippen LogP contribution in [-0.4, -0.2) is 41.3 Å². The number of carbonyl (C=O) groups excluding carboxylic acids is 2. The smallest absolute Gasteiger partial charge is 0.255 e. The molecule has 1 unspecified atom stereocenters. The highest BCUT2D eigenvalue weighted by Gasteiger charge is 2.18. The molecule has 1 aliphatic heterocycles. The van der Waals surface area contributed by atoms with Crippen molar-refractivity contribution in [2.75, 3.05) is 25.0 Å². The third kappa shape index (κ3) is 5.40. The molecule has 2 aromatic heterocycles. The number of hydrogen-bond acceptors (Lipinski definition) is 6. The number of aromatic nitrogens is 1. The molecule has 2 amide bonds. The van der Waals surface area contributed by atoms with Crippen LogP contribution in [0.4, 0.5) is 5.13 Å². The van der Waals surface area contributed by atoms with Gasteiger partial charge in [-0.15, -0.1) is 11.3 Å². The van der Waals surface area contributed by atoms with Crippen molar-refractivity contribution in [3.63, 3.8) is 0 Å². The standard InChI is InChI=1S/C19H26N4O3S/c1-12-5-4-6-23(9-12)10-15-11-27-19(21-15)22-17(24)8-20-18(25)16-7-13(2)26-14(16)3/h7,11-12H,4-6,8-10H2,1-3H3,(H,20,25)(H,21,22,24). The van der Waals surface area contributed by atoms with Gasteiger partial charge in [0.15, 0.2) is 5.13 Å². The summed E-state index contributed by atoms with van der Waals surface area (Å²) >= 11 is 1.41. The second-order valence-electron chi connectivity index (χ2n) is 7.18. The van der Waals surface area contributed by atoms with Crippen LogP contribution in [0.5, 0.6) is 0 Å². The van der Waals surface area contributed by atoms with Crippen LogP contribution in [0.15, 0.2) is 15.9 Å². The second-order valence-corrected chi connectivity index (χ2v) is 8.04. The average Bonchev–Trinajstić information content (AvgIpc) is 3.18. The van der Waals surface area contributed by atoms with E-state index in [0.717, 1.165) is 31.2 Å². The van der Waals surface area contributed by atoms with Crippen molar-refractivity contribution in [2.24, 2.45) is 5.92 Å². The molecule has 27 heavy (non-hydrogen) atoms. The van der Waals surface area contributed by atoms with E-state index in [2.05, 4.69) is 27.4 Å². The fourth-order valence-electron chi connectivity index (χ4n) is 3.37. The van der Waals surface area contributed by atoms with Crippen molar-refractivity contribution in [1.29, 1.82) is 0 Å². The molecule has 0 radical (unpaired) electrons. The number of amides is 2. The van der Waals surface area contributed by atoms with Gasteiger partial charge in [-0.3, -0.25) is 14.5 Å². The normalized spacial score (nSPS) is 17.7. The Balaban J connectivity index is 1.46. The van der Waals surface area contributed by atoms with E-state index >= 15 is 0 Å². The summed E-state index contributed by atoms with van der Waals surface area (Å²) in [6.45, 7) is 8.68. The lowest BCUT2D eigenvalue weighted by atomic mass is 10.0. The van der Waals surface area contributed by atoms with Gasteiger partial charge in [0.25, 0.3) is 5.91 Å². The molecule has 0 aliphatic carbocycles. The summed E-state index contributed by atoms with van der Waals surface area (Å²) in [5.74, 6) is 1.32. The molecule has 1 aliphatic rings. The lowest BCUT2D eigenvalue weighted by Gasteiger charge is -2.30. The fourth-order valence-corrected chi connectivity index (χ4v) is 4.09. The SMILES string of the molecule is Cc1cc(C(=O)NCC(=O)Nc2nc(CN3CCCC(C)C3)cs2)c(C)o1. The van der Waals surface area contributed by atoms with Crippen molar-refractivity contribution >= 4 is 28.3 Å². The highest BCUT2D eigenvalue weighted by molar-refractivity contribution is 7.13. The summed E-state index contributed by atoms with van der Waals surface area (Å²) in [5.41, 5.74) is 1.42. The van der Waals surface area contributed by atoms with Gasteiger partial charge < -0.3 is 15.1 Å². The van der Waals surface area contributed by atoms with E-state index in [1.165, 1.54) is 24.2 Å². The number of thiazole rings is 1. The van der Waals surface area contributed by atoms with Crippen molar-refractivity contribution < 1.29 is 14.0 Å². The van der Waals surface area contributed by atoms with Gasteiger partial charge in [0.2, 0.25) is 5.91 Å². The predicted molar refractivity (Wildman–Crippen MR) is 105 cm³/mol. The molecule has 3 rings (SSSR count). The summed E-state index contributed by atoms with van der Waals surface area (Å²) in [4.78, 5) is 31.1. The second kappa shape index (κ2) is 8.67. The van der Waals surface area contributed by atoms with Crippen LogP contribution >= 0.6 is 11.3 Å². The van der Waals surface area contributed by atoms with Crippen molar-refractivity contribution in [1.82, 2.24) is 15.2 Å². The number of nitrogens with zero attached hydrogens (tertiary/aromatic N) is 2. The molecule has 2 N–H and O–H groups in total. The maximum atomic E-state index is 12.1. The Kier molecular flexibility index (Phi) is 6.28. The van der Waals surface area contributed by atoms with Gasteiger partial charge in [0.05, 0.1) is 17.8 Å². The first-order valence-electron chi connectivity index (χ1n) is 9.22. The molecule has 1 atom stereocenters. The Hall–Kier alpha value is -2.19. The number of rotatable bonds is 6. The van der Waals surface area contributed by atoms with E-state index in [-0.39, 0.29) is 18.4 Å². The lowest BCUT2D eigenvalue weighted by Crippen LogP contribution is -2.34. The number of carbonyl (C=O) groups is 2. The first-order chi connectivity index (χ1) is 12.9. The number of nitrogens with one attached hydrogen (secondary N) is 2. The van der Waals surface area contributed by atoms with Gasteiger partial charge in [0.1, 0.15) is 11.5 Å². The van der Waals surface area contributed by atoms with Crippen LogP contribution < -0.4 is 10.6 Å². The molecule has 2 aromatic rings. The summed E-state index contributed by atoms with van der Waals surface area (Å²) in [7, 11) is 0. The molecule has 8 heteroatoms. The molecule has 0 aromatic carbocycles. The maximum Gasteiger partial charge on any atom is 0.255 e. The molecular formula is C19H26N4O3S. The molecule has 3 heterocycles. The fraction of sp³-hybridized carbons (Fsp3) is 0.526. The van der Waals surface area contributed by atoms with Crippen LogP contribution in [0.2, 0.25) is 0 Å². The molecule has 1 fully saturated rings. The number of piperidine rings is 1. The van der Waals surface area contributed by atoms with E-state index in [9.17, 15) is 9.59 Å². The average molecular weight is 391 g/mol. The van der Waals surface area contributed by atoms with Gasteiger partial charge in [0, 0.05) is 18.5 Å². The first kappa shape index (κ1) is 19.6. The van der Waals surface area contributed by atoms with Crippen LogP contribution in [-0.2, 0) is 11.3 Å². The summed E-state index contributed by atoms with van der Waals surface area (Å²) < 4.78 is 5.34. The summed E-state index contributed by atoms with van der Waals surface area (Å²) in [6.07, 6.45) is 2.52. The van der Waals surface area contributed by atoms with Crippen LogP contribution in [0.25, 0.3) is 0 Å². The third-order valence-electron chi connectivity index (χ3n) is 4.62. The van der Waals surface area contributed by atoms with Gasteiger partial charge in [-0.2, -0.15) is 0 Å². The van der Waals surface area contributed by atoms with Crippen LogP contribution in [0.1, 0.15) is 47.3 Å². The van der Waals surface area contributed by atoms with Crippen molar-refractivity contribution in [3.05, 3.63) is 34.2 Å². The predicted octanol–water partition coefficient (Wildman–Crippen LogP) is 2.95. The van der Waals surface area contributed by atoms with Crippen molar-refractivity contribution in [3.8, 4) is 0 Å². The number of hydrogen-bond donors (Lipinski definition) is 2. The van der Waals surface area contributed by atoms with Crippen LogP contribution in [0.3, 0.4) is 0 Å². The van der Waals surface area contributed by atoms with E-state index in [1.54, 1.807) is 19.9 Å². The minimum Gasteiger partial charge on any atom is -0.466 e. The lowest BCUT2D eigenvalue weighted by molar-refractivity contribution is -0.115. The summed E-state index contributed by atoms with van der Waals surface area (Å²) in [6, 6.07) is 1.66. The Morgan fingerprint density at radius 1 is 1.41 bits per heavy atom. The topological polar surface area (TPSA) is 87.5 Å². The monoisotopic (exact) mass is 390 g/mol. The Labute approximate surface area is 163 Å². The zero-order valence-corrected chi connectivity index (χ0v) is 16.8. The molecule has 1 saturated heterocycles.